The SMILES string of the molecule is CC1=C(S(=O)c2ccc(C)cc2)c2cc(OC(=O)N(C)C)cc(OC(=O)N(C)C)c2CN1C. The van der Waals surface area contributed by atoms with E-state index in [1.807, 2.05) is 50.1 Å². The van der Waals surface area contributed by atoms with E-state index in [-0.39, 0.29) is 11.5 Å². The second kappa shape index (κ2) is 9.66. The average Bonchev–Trinajstić information content (AvgIpc) is 2.75. The number of rotatable bonds is 4. The molecule has 0 saturated heterocycles. The molecule has 9 heteroatoms. The first-order chi connectivity index (χ1) is 15.5. The Morgan fingerprint density at radius 1 is 0.939 bits per heavy atom. The van der Waals surface area contributed by atoms with Crippen molar-refractivity contribution < 1.29 is 23.3 Å². The number of fused-ring (bicyclic) bond motifs is 1. The molecule has 1 heterocycles. The van der Waals surface area contributed by atoms with Crippen LogP contribution in [0.5, 0.6) is 11.5 Å². The van der Waals surface area contributed by atoms with Gasteiger partial charge in [0.15, 0.2) is 0 Å². The van der Waals surface area contributed by atoms with E-state index in [2.05, 4.69) is 0 Å². The maximum absolute atomic E-state index is 13.7. The van der Waals surface area contributed by atoms with Crippen LogP contribution in [0.15, 0.2) is 47.0 Å². The maximum Gasteiger partial charge on any atom is 0.414 e. The number of ether oxygens (including phenoxy) is 2. The first-order valence-electron chi connectivity index (χ1n) is 10.4. The van der Waals surface area contributed by atoms with E-state index in [1.54, 1.807) is 34.3 Å². The standard InChI is InChI=1S/C24H29N3O5S/c1-15-8-10-18(11-9-15)33(30)22-16(2)27(7)14-20-19(22)12-17(31-23(28)25(3)4)13-21(20)32-24(29)26(5)6/h8-13H,14H2,1-7H3. The van der Waals surface area contributed by atoms with Crippen molar-refractivity contribution in [3.8, 4) is 11.5 Å². The lowest BCUT2D eigenvalue weighted by Crippen LogP contribution is -2.29. The Morgan fingerprint density at radius 3 is 2.09 bits per heavy atom. The first kappa shape index (κ1) is 24.3. The number of amides is 2. The van der Waals surface area contributed by atoms with Gasteiger partial charge in [-0.3, -0.25) is 0 Å². The topological polar surface area (TPSA) is 79.4 Å². The highest BCUT2D eigenvalue weighted by Crippen LogP contribution is 2.42. The van der Waals surface area contributed by atoms with Crippen LogP contribution in [0.4, 0.5) is 9.59 Å². The van der Waals surface area contributed by atoms with Crippen LogP contribution >= 0.6 is 0 Å². The summed E-state index contributed by atoms with van der Waals surface area (Å²) in [5.74, 6) is 0.454. The van der Waals surface area contributed by atoms with Crippen molar-refractivity contribution in [1.29, 1.82) is 0 Å². The summed E-state index contributed by atoms with van der Waals surface area (Å²) in [6.07, 6.45) is -1.14. The van der Waals surface area contributed by atoms with Crippen LogP contribution in [0.25, 0.3) is 4.91 Å². The quantitative estimate of drug-likeness (QED) is 0.669. The Kier molecular flexibility index (Phi) is 7.12. The third-order valence-electron chi connectivity index (χ3n) is 5.28. The lowest BCUT2D eigenvalue weighted by molar-refractivity contribution is 0.169. The summed E-state index contributed by atoms with van der Waals surface area (Å²) in [4.78, 5) is 30.4. The predicted molar refractivity (Wildman–Crippen MR) is 128 cm³/mol. The zero-order chi connectivity index (χ0) is 24.4. The van der Waals surface area contributed by atoms with Gasteiger partial charge in [0.2, 0.25) is 0 Å². The molecular formula is C24H29N3O5S. The predicted octanol–water partition coefficient (Wildman–Crippen LogP) is 4.06. The summed E-state index contributed by atoms with van der Waals surface area (Å²) in [7, 11) is 6.69. The van der Waals surface area contributed by atoms with Crippen LogP contribution < -0.4 is 9.47 Å². The largest absolute Gasteiger partial charge is 0.414 e. The first-order valence-corrected chi connectivity index (χ1v) is 11.5. The van der Waals surface area contributed by atoms with Gasteiger partial charge in [-0.25, -0.2) is 13.8 Å². The van der Waals surface area contributed by atoms with Crippen LogP contribution in [0.3, 0.4) is 0 Å². The third kappa shape index (κ3) is 5.19. The smallest absolute Gasteiger partial charge is 0.410 e. The van der Waals surface area contributed by atoms with Crippen LogP contribution in [0.2, 0.25) is 0 Å². The summed E-state index contributed by atoms with van der Waals surface area (Å²) in [5, 5.41) is 0. The number of aryl methyl sites for hydroxylation is 1. The van der Waals surface area contributed by atoms with E-state index in [1.165, 1.54) is 15.9 Å². The van der Waals surface area contributed by atoms with E-state index in [0.717, 1.165) is 11.3 Å². The lowest BCUT2D eigenvalue weighted by atomic mass is 10.00. The van der Waals surface area contributed by atoms with Crippen LogP contribution in [-0.4, -0.2) is 66.3 Å². The van der Waals surface area contributed by atoms with Gasteiger partial charge < -0.3 is 24.2 Å². The molecule has 0 saturated carbocycles. The molecule has 0 spiro atoms. The highest BCUT2D eigenvalue weighted by atomic mass is 32.2. The summed E-state index contributed by atoms with van der Waals surface area (Å²) in [6, 6.07) is 10.7. The van der Waals surface area contributed by atoms with Gasteiger partial charge >= 0.3 is 12.2 Å². The van der Waals surface area contributed by atoms with Crippen LogP contribution in [0, 0.1) is 6.92 Å². The third-order valence-corrected chi connectivity index (χ3v) is 6.86. The Bertz CT molecular complexity index is 1140. The highest BCUT2D eigenvalue weighted by Gasteiger charge is 2.30. The minimum absolute atomic E-state index is 0.199. The van der Waals surface area contributed by atoms with Gasteiger partial charge in [-0.2, -0.15) is 0 Å². The van der Waals surface area contributed by atoms with Crippen molar-refractivity contribution in [1.82, 2.24) is 14.7 Å². The molecule has 0 radical (unpaired) electrons. The number of hydrogen-bond acceptors (Lipinski definition) is 6. The molecule has 0 bridgehead atoms. The normalized spacial score (nSPS) is 13.8. The van der Waals surface area contributed by atoms with Crippen molar-refractivity contribution in [3.63, 3.8) is 0 Å². The Labute approximate surface area is 196 Å². The average molecular weight is 472 g/mol. The fraction of sp³-hybridized carbons (Fsp3) is 0.333. The molecule has 176 valence electrons. The molecule has 1 unspecified atom stereocenters. The second-order valence-electron chi connectivity index (χ2n) is 8.32. The molecule has 8 nitrogen and oxygen atoms in total. The minimum Gasteiger partial charge on any atom is -0.410 e. The van der Waals surface area contributed by atoms with Gasteiger partial charge in [-0.05, 0) is 32.0 Å². The fourth-order valence-corrected chi connectivity index (χ4v) is 4.68. The number of hydrogen-bond donors (Lipinski definition) is 0. The summed E-state index contributed by atoms with van der Waals surface area (Å²) in [6.45, 7) is 4.31. The zero-order valence-electron chi connectivity index (χ0n) is 20.0. The second-order valence-corrected chi connectivity index (χ2v) is 9.74. The van der Waals surface area contributed by atoms with Crippen LogP contribution in [-0.2, 0) is 17.3 Å². The van der Waals surface area contributed by atoms with E-state index in [4.69, 9.17) is 9.47 Å². The van der Waals surface area contributed by atoms with Gasteiger partial charge in [-0.1, -0.05) is 17.7 Å². The molecule has 3 rings (SSSR count). The van der Waals surface area contributed by atoms with E-state index < -0.39 is 23.0 Å². The number of carbonyl (C=O) groups excluding carboxylic acids is 2. The minimum atomic E-state index is -1.51. The van der Waals surface area contributed by atoms with Crippen molar-refractivity contribution >= 4 is 27.9 Å². The van der Waals surface area contributed by atoms with Crippen molar-refractivity contribution in [2.75, 3.05) is 35.2 Å². The molecule has 33 heavy (non-hydrogen) atoms. The molecular weight excluding hydrogens is 442 g/mol. The van der Waals surface area contributed by atoms with Crippen molar-refractivity contribution in [2.24, 2.45) is 0 Å². The molecule has 2 amide bonds. The van der Waals surface area contributed by atoms with E-state index >= 15 is 0 Å². The van der Waals surface area contributed by atoms with E-state index in [9.17, 15) is 13.8 Å². The molecule has 0 aromatic heterocycles. The summed E-state index contributed by atoms with van der Waals surface area (Å²) >= 11 is 0. The zero-order valence-corrected chi connectivity index (χ0v) is 20.8. The number of allylic oxidation sites excluding steroid dienone is 1. The Hall–Kier alpha value is -3.33. The van der Waals surface area contributed by atoms with Gasteiger partial charge in [0.25, 0.3) is 0 Å². The molecule has 0 fully saturated rings. The molecule has 1 atom stereocenters. The van der Waals surface area contributed by atoms with Crippen LogP contribution in [0.1, 0.15) is 23.6 Å². The van der Waals surface area contributed by atoms with Crippen molar-refractivity contribution in [2.45, 2.75) is 25.3 Å². The molecule has 2 aromatic rings. The Morgan fingerprint density at radius 2 is 1.52 bits per heavy atom. The monoisotopic (exact) mass is 471 g/mol. The lowest BCUT2D eigenvalue weighted by Gasteiger charge is -2.31. The van der Waals surface area contributed by atoms with Crippen molar-refractivity contribution in [3.05, 3.63) is 58.8 Å². The fourth-order valence-electron chi connectivity index (χ4n) is 3.25. The van der Waals surface area contributed by atoms with Gasteiger partial charge in [0.1, 0.15) is 11.5 Å². The number of carbonyl (C=O) groups is 2. The van der Waals surface area contributed by atoms with Gasteiger partial charge in [-0.15, -0.1) is 0 Å². The maximum atomic E-state index is 13.7. The van der Waals surface area contributed by atoms with Gasteiger partial charge in [0, 0.05) is 69.6 Å². The number of nitrogens with zero attached hydrogens (tertiary/aromatic N) is 3. The summed E-state index contributed by atoms with van der Waals surface area (Å²) < 4.78 is 24.8. The molecule has 0 aliphatic carbocycles. The molecule has 2 aromatic carbocycles. The van der Waals surface area contributed by atoms with E-state index in [0.29, 0.717) is 27.5 Å². The highest BCUT2D eigenvalue weighted by molar-refractivity contribution is 7.94. The van der Waals surface area contributed by atoms with Gasteiger partial charge in [0.05, 0.1) is 15.7 Å². The summed E-state index contributed by atoms with van der Waals surface area (Å²) in [5.41, 5.74) is 3.20. The molecule has 1 aliphatic heterocycles. The number of benzene rings is 2. The molecule has 1 aliphatic rings. The Balaban J connectivity index is 2.19. The molecule has 0 N–H and O–H groups in total.